The molecular formula is C15H19F3N2O. The third kappa shape index (κ3) is 3.75. The number of unbranched alkanes of at least 4 members (excludes halogenated alkanes) is 1. The van der Waals surface area contributed by atoms with Crippen molar-refractivity contribution < 1.29 is 18.0 Å². The summed E-state index contributed by atoms with van der Waals surface area (Å²) < 4.78 is 40.5. The highest BCUT2D eigenvalue weighted by atomic mass is 19.4. The van der Waals surface area contributed by atoms with Gasteiger partial charge >= 0.3 is 6.18 Å². The van der Waals surface area contributed by atoms with Crippen molar-refractivity contribution in [3.05, 3.63) is 35.4 Å². The van der Waals surface area contributed by atoms with Crippen LogP contribution in [0.15, 0.2) is 24.3 Å². The molecule has 1 saturated heterocycles. The number of amides is 1. The van der Waals surface area contributed by atoms with Crippen molar-refractivity contribution in [3.63, 3.8) is 0 Å². The summed E-state index contributed by atoms with van der Waals surface area (Å²) in [5.41, 5.74) is 3.25. The number of carbonyl (C=O) groups is 1. The molecule has 1 aliphatic heterocycles. The number of halogens is 3. The molecule has 1 atom stereocenters. The van der Waals surface area contributed by atoms with Gasteiger partial charge < -0.3 is 0 Å². The first-order valence-corrected chi connectivity index (χ1v) is 7.14. The summed E-state index contributed by atoms with van der Waals surface area (Å²) >= 11 is 0. The van der Waals surface area contributed by atoms with Gasteiger partial charge in [0.25, 0.3) is 0 Å². The topological polar surface area (TPSA) is 32.3 Å². The van der Waals surface area contributed by atoms with Crippen LogP contribution in [-0.4, -0.2) is 23.6 Å². The molecule has 1 N–H and O–H groups in total. The largest absolute Gasteiger partial charge is 0.409 e. The molecule has 0 aliphatic carbocycles. The fourth-order valence-corrected chi connectivity index (χ4v) is 2.60. The van der Waals surface area contributed by atoms with Gasteiger partial charge in [0.2, 0.25) is 5.91 Å². The molecule has 3 nitrogen and oxygen atoms in total. The number of hydrazine groups is 1. The van der Waals surface area contributed by atoms with E-state index in [2.05, 4.69) is 5.43 Å². The molecular weight excluding hydrogens is 281 g/mol. The molecule has 1 unspecified atom stereocenters. The van der Waals surface area contributed by atoms with E-state index >= 15 is 0 Å². The van der Waals surface area contributed by atoms with Crippen LogP contribution in [0.3, 0.4) is 0 Å². The van der Waals surface area contributed by atoms with Gasteiger partial charge in [-0.15, -0.1) is 0 Å². The second kappa shape index (κ2) is 6.47. The van der Waals surface area contributed by atoms with Gasteiger partial charge in [-0.25, -0.2) is 5.01 Å². The Kier molecular flexibility index (Phi) is 4.88. The molecule has 1 aliphatic rings. The number of hydrogen-bond acceptors (Lipinski definition) is 2. The van der Waals surface area contributed by atoms with E-state index in [0.717, 1.165) is 17.9 Å². The third-order valence-corrected chi connectivity index (χ3v) is 3.62. The molecule has 0 aromatic heterocycles. The van der Waals surface area contributed by atoms with Gasteiger partial charge in [-0.1, -0.05) is 37.6 Å². The lowest BCUT2D eigenvalue weighted by Gasteiger charge is -2.30. The Balaban J connectivity index is 2.35. The van der Waals surface area contributed by atoms with E-state index < -0.39 is 12.2 Å². The standard InChI is InChI=1S/C15H19F3N2O/c1-2-3-6-11-7-4-5-8-12(11)14(15(16,17)18)20-10-9-13(21)19-20/h4-5,7-8,14H,2-3,6,9-10H2,1H3,(H,19,21). The fourth-order valence-electron chi connectivity index (χ4n) is 2.60. The van der Waals surface area contributed by atoms with Crippen LogP contribution in [0, 0.1) is 0 Å². The Morgan fingerprint density at radius 1 is 1.33 bits per heavy atom. The smallest absolute Gasteiger partial charge is 0.288 e. The zero-order valence-electron chi connectivity index (χ0n) is 11.9. The predicted octanol–water partition coefficient (Wildman–Crippen LogP) is 3.37. The van der Waals surface area contributed by atoms with E-state index in [1.54, 1.807) is 18.2 Å². The Labute approximate surface area is 122 Å². The summed E-state index contributed by atoms with van der Waals surface area (Å²) in [6.45, 7) is 2.08. The van der Waals surface area contributed by atoms with Crippen LogP contribution in [0.2, 0.25) is 0 Å². The second-order valence-corrected chi connectivity index (χ2v) is 5.22. The van der Waals surface area contributed by atoms with E-state index in [4.69, 9.17) is 0 Å². The Bertz CT molecular complexity index is 502. The van der Waals surface area contributed by atoms with Crippen molar-refractivity contribution in [1.29, 1.82) is 0 Å². The van der Waals surface area contributed by atoms with Crippen LogP contribution in [0.25, 0.3) is 0 Å². The molecule has 1 heterocycles. The number of aryl methyl sites for hydroxylation is 1. The molecule has 0 spiro atoms. The van der Waals surface area contributed by atoms with E-state index in [-0.39, 0.29) is 24.4 Å². The number of nitrogens with zero attached hydrogens (tertiary/aromatic N) is 1. The highest BCUT2D eigenvalue weighted by Gasteiger charge is 2.47. The lowest BCUT2D eigenvalue weighted by atomic mass is 9.96. The molecule has 0 saturated carbocycles. The minimum atomic E-state index is -4.43. The SMILES string of the molecule is CCCCc1ccccc1C(N1CCC(=O)N1)C(F)(F)F. The molecule has 0 radical (unpaired) electrons. The van der Waals surface area contributed by atoms with Crippen molar-refractivity contribution in [2.75, 3.05) is 6.54 Å². The quantitative estimate of drug-likeness (QED) is 0.904. The summed E-state index contributed by atoms with van der Waals surface area (Å²) in [5.74, 6) is -0.365. The molecule has 0 bridgehead atoms. The predicted molar refractivity (Wildman–Crippen MR) is 73.3 cm³/mol. The van der Waals surface area contributed by atoms with Crippen LogP contribution in [0.1, 0.15) is 43.4 Å². The zero-order valence-corrected chi connectivity index (χ0v) is 11.9. The number of nitrogens with one attached hydrogen (secondary N) is 1. The number of carbonyl (C=O) groups excluding carboxylic acids is 1. The van der Waals surface area contributed by atoms with Crippen molar-refractivity contribution in [3.8, 4) is 0 Å². The van der Waals surface area contributed by atoms with E-state index in [0.29, 0.717) is 12.0 Å². The maximum atomic E-state index is 13.5. The summed E-state index contributed by atoms with van der Waals surface area (Å²) in [6.07, 6.45) is -1.95. The van der Waals surface area contributed by atoms with Crippen molar-refractivity contribution >= 4 is 5.91 Å². The molecule has 1 aromatic rings. The highest BCUT2D eigenvalue weighted by Crippen LogP contribution is 2.39. The molecule has 116 valence electrons. The number of benzene rings is 1. The van der Waals surface area contributed by atoms with Gasteiger partial charge in [-0.3, -0.25) is 10.2 Å². The molecule has 1 amide bonds. The third-order valence-electron chi connectivity index (χ3n) is 3.62. The monoisotopic (exact) mass is 300 g/mol. The van der Waals surface area contributed by atoms with Gasteiger partial charge in [0.15, 0.2) is 0 Å². The maximum absolute atomic E-state index is 13.5. The van der Waals surface area contributed by atoms with E-state index in [9.17, 15) is 18.0 Å². The van der Waals surface area contributed by atoms with Gasteiger partial charge in [-0.05, 0) is 24.0 Å². The van der Waals surface area contributed by atoms with Crippen LogP contribution in [-0.2, 0) is 11.2 Å². The minimum absolute atomic E-state index is 0.0745. The Morgan fingerprint density at radius 3 is 2.62 bits per heavy atom. The second-order valence-electron chi connectivity index (χ2n) is 5.22. The first kappa shape index (κ1) is 15.8. The van der Waals surface area contributed by atoms with Crippen LogP contribution < -0.4 is 5.43 Å². The Hall–Kier alpha value is -1.56. The normalized spacial score (nSPS) is 17.8. The molecule has 1 fully saturated rings. The van der Waals surface area contributed by atoms with E-state index in [1.807, 2.05) is 6.92 Å². The van der Waals surface area contributed by atoms with Gasteiger partial charge in [-0.2, -0.15) is 13.2 Å². The summed E-state index contributed by atoms with van der Waals surface area (Å²) in [4.78, 5) is 11.3. The zero-order chi connectivity index (χ0) is 15.5. The van der Waals surface area contributed by atoms with Crippen LogP contribution in [0.4, 0.5) is 13.2 Å². The van der Waals surface area contributed by atoms with Crippen LogP contribution >= 0.6 is 0 Å². The van der Waals surface area contributed by atoms with E-state index in [1.165, 1.54) is 6.07 Å². The first-order valence-electron chi connectivity index (χ1n) is 7.14. The molecule has 21 heavy (non-hydrogen) atoms. The average Bonchev–Trinajstić information content (AvgIpc) is 2.82. The fraction of sp³-hybridized carbons (Fsp3) is 0.533. The highest BCUT2D eigenvalue weighted by molar-refractivity contribution is 5.77. The number of hydrogen-bond donors (Lipinski definition) is 1. The number of alkyl halides is 3. The minimum Gasteiger partial charge on any atom is -0.288 e. The van der Waals surface area contributed by atoms with Gasteiger partial charge in [0.1, 0.15) is 6.04 Å². The molecule has 2 rings (SSSR count). The molecule has 6 heteroatoms. The van der Waals surface area contributed by atoms with Gasteiger partial charge in [0, 0.05) is 13.0 Å². The van der Waals surface area contributed by atoms with Gasteiger partial charge in [0.05, 0.1) is 0 Å². The summed E-state index contributed by atoms with van der Waals surface area (Å²) in [5, 5.41) is 1.01. The first-order chi connectivity index (χ1) is 9.93. The maximum Gasteiger partial charge on any atom is 0.409 e. The molecule has 1 aromatic carbocycles. The summed E-state index contributed by atoms with van der Waals surface area (Å²) in [6, 6.07) is 4.83. The van der Waals surface area contributed by atoms with Crippen LogP contribution in [0.5, 0.6) is 0 Å². The average molecular weight is 300 g/mol. The summed E-state index contributed by atoms with van der Waals surface area (Å²) in [7, 11) is 0. The number of rotatable bonds is 5. The lowest BCUT2D eigenvalue weighted by molar-refractivity contribution is -0.191. The van der Waals surface area contributed by atoms with Crippen molar-refractivity contribution in [1.82, 2.24) is 10.4 Å². The van der Waals surface area contributed by atoms with Crippen molar-refractivity contribution in [2.24, 2.45) is 0 Å². The lowest BCUT2D eigenvalue weighted by Crippen LogP contribution is -2.44. The Morgan fingerprint density at radius 2 is 2.05 bits per heavy atom. The van der Waals surface area contributed by atoms with Crippen molar-refractivity contribution in [2.45, 2.75) is 44.8 Å².